The van der Waals surface area contributed by atoms with Gasteiger partial charge in [0, 0.05) is 17.8 Å². The summed E-state index contributed by atoms with van der Waals surface area (Å²) >= 11 is 1.71. The van der Waals surface area contributed by atoms with E-state index in [-0.39, 0.29) is 6.04 Å². The van der Waals surface area contributed by atoms with Gasteiger partial charge < -0.3 is 14.4 Å². The van der Waals surface area contributed by atoms with E-state index in [0.29, 0.717) is 18.2 Å². The average molecular weight is 386 g/mol. The van der Waals surface area contributed by atoms with E-state index in [1.165, 1.54) is 41.7 Å². The van der Waals surface area contributed by atoms with Crippen molar-refractivity contribution in [2.24, 2.45) is 5.92 Å². The molecule has 0 saturated heterocycles. The molecule has 1 aliphatic carbocycles. The van der Waals surface area contributed by atoms with Crippen molar-refractivity contribution in [3.8, 4) is 11.5 Å². The second-order valence-electron chi connectivity index (χ2n) is 7.52. The minimum absolute atomic E-state index is 0.0255. The number of nitrogens with zero attached hydrogens (tertiary/aromatic N) is 1. The third-order valence-electron chi connectivity index (χ3n) is 5.94. The van der Waals surface area contributed by atoms with Crippen LogP contribution >= 0.6 is 11.3 Å². The maximum atomic E-state index is 13.2. The first-order valence-electron chi connectivity index (χ1n) is 9.79. The van der Waals surface area contributed by atoms with E-state index in [0.717, 1.165) is 24.5 Å². The standard InChI is InChI=1S/C22H27NO3S/c1-25-18-13-16-9-10-23(21(24)12-15-6-3-4-7-15)22(20-8-5-11-27-20)17(16)14-19(18)26-2/h5,8,11,13-15,22H,3-4,6-7,9-10,12H2,1-2H3/t22-/m1/s1. The van der Waals surface area contributed by atoms with E-state index >= 15 is 0 Å². The second kappa shape index (κ2) is 7.93. The number of thiophene rings is 1. The smallest absolute Gasteiger partial charge is 0.223 e. The summed E-state index contributed by atoms with van der Waals surface area (Å²) in [5.41, 5.74) is 2.41. The maximum Gasteiger partial charge on any atom is 0.223 e. The van der Waals surface area contributed by atoms with Crippen LogP contribution in [0.2, 0.25) is 0 Å². The van der Waals surface area contributed by atoms with Gasteiger partial charge in [-0.05, 0) is 59.9 Å². The normalized spacial score (nSPS) is 19.8. The summed E-state index contributed by atoms with van der Waals surface area (Å²) in [4.78, 5) is 16.5. The van der Waals surface area contributed by atoms with E-state index in [9.17, 15) is 4.79 Å². The molecule has 2 aromatic rings. The Hall–Kier alpha value is -2.01. The molecule has 0 unspecified atom stereocenters. The van der Waals surface area contributed by atoms with Crippen molar-refractivity contribution in [3.05, 3.63) is 45.6 Å². The molecule has 0 spiro atoms. The molecule has 0 radical (unpaired) electrons. The number of carbonyl (C=O) groups excluding carboxylic acids is 1. The van der Waals surface area contributed by atoms with Crippen LogP contribution < -0.4 is 9.47 Å². The van der Waals surface area contributed by atoms with Gasteiger partial charge in [0.15, 0.2) is 11.5 Å². The summed E-state index contributed by atoms with van der Waals surface area (Å²) in [6, 6.07) is 8.31. The SMILES string of the molecule is COc1cc2c(cc1OC)[C@H](c1cccs1)N(C(=O)CC1CCCC1)CC2. The lowest BCUT2D eigenvalue weighted by Gasteiger charge is -2.38. The van der Waals surface area contributed by atoms with Gasteiger partial charge in [-0.1, -0.05) is 18.9 Å². The molecule has 0 N–H and O–H groups in total. The number of amides is 1. The van der Waals surface area contributed by atoms with Gasteiger partial charge in [-0.3, -0.25) is 4.79 Å². The molecule has 1 atom stereocenters. The predicted molar refractivity (Wildman–Crippen MR) is 108 cm³/mol. The zero-order valence-corrected chi connectivity index (χ0v) is 16.9. The number of carbonyl (C=O) groups is 1. The lowest BCUT2D eigenvalue weighted by molar-refractivity contribution is -0.134. The first-order chi connectivity index (χ1) is 13.2. The van der Waals surface area contributed by atoms with Crippen molar-refractivity contribution in [3.63, 3.8) is 0 Å². The molecule has 27 heavy (non-hydrogen) atoms. The Labute approximate surface area is 165 Å². The first-order valence-corrected chi connectivity index (χ1v) is 10.7. The number of methoxy groups -OCH3 is 2. The van der Waals surface area contributed by atoms with Crippen LogP contribution in [0.4, 0.5) is 0 Å². The van der Waals surface area contributed by atoms with Gasteiger partial charge in [0.05, 0.1) is 20.3 Å². The molecule has 1 aromatic heterocycles. The molecule has 2 heterocycles. The number of rotatable bonds is 5. The Morgan fingerprint density at radius 1 is 1.19 bits per heavy atom. The van der Waals surface area contributed by atoms with Gasteiger partial charge in [-0.15, -0.1) is 11.3 Å². The van der Waals surface area contributed by atoms with Crippen molar-refractivity contribution in [1.82, 2.24) is 4.90 Å². The highest BCUT2D eigenvalue weighted by Crippen LogP contribution is 2.43. The van der Waals surface area contributed by atoms with Gasteiger partial charge in [-0.2, -0.15) is 0 Å². The topological polar surface area (TPSA) is 38.8 Å². The van der Waals surface area contributed by atoms with Gasteiger partial charge >= 0.3 is 0 Å². The van der Waals surface area contributed by atoms with Crippen molar-refractivity contribution >= 4 is 17.2 Å². The van der Waals surface area contributed by atoms with Crippen LogP contribution in [-0.2, 0) is 11.2 Å². The second-order valence-corrected chi connectivity index (χ2v) is 8.49. The Bertz CT molecular complexity index is 796. The lowest BCUT2D eigenvalue weighted by atomic mass is 9.90. The van der Waals surface area contributed by atoms with Crippen molar-refractivity contribution < 1.29 is 14.3 Å². The molecule has 1 fully saturated rings. The number of benzene rings is 1. The Morgan fingerprint density at radius 3 is 2.59 bits per heavy atom. The van der Waals surface area contributed by atoms with E-state index in [1.54, 1.807) is 25.6 Å². The van der Waals surface area contributed by atoms with Crippen LogP contribution in [0.25, 0.3) is 0 Å². The minimum Gasteiger partial charge on any atom is -0.493 e. The highest BCUT2D eigenvalue weighted by molar-refractivity contribution is 7.10. The largest absolute Gasteiger partial charge is 0.493 e. The van der Waals surface area contributed by atoms with Crippen LogP contribution in [0.1, 0.15) is 54.1 Å². The fourth-order valence-electron chi connectivity index (χ4n) is 4.55. The van der Waals surface area contributed by atoms with Crippen LogP contribution in [-0.4, -0.2) is 31.6 Å². The molecule has 0 bridgehead atoms. The molecular weight excluding hydrogens is 358 g/mol. The summed E-state index contributed by atoms with van der Waals surface area (Å²) in [6.45, 7) is 0.761. The molecule has 4 nitrogen and oxygen atoms in total. The fourth-order valence-corrected chi connectivity index (χ4v) is 5.40. The Balaban J connectivity index is 1.70. The van der Waals surface area contributed by atoms with E-state index in [1.807, 2.05) is 0 Å². The van der Waals surface area contributed by atoms with Crippen molar-refractivity contribution in [2.45, 2.75) is 44.6 Å². The molecule has 5 heteroatoms. The summed E-state index contributed by atoms with van der Waals surface area (Å²) in [5, 5.41) is 2.09. The van der Waals surface area contributed by atoms with Gasteiger partial charge in [0.1, 0.15) is 0 Å². The molecule has 1 saturated carbocycles. The quantitative estimate of drug-likeness (QED) is 0.741. The van der Waals surface area contributed by atoms with Crippen LogP contribution in [0, 0.1) is 5.92 Å². The summed E-state index contributed by atoms with van der Waals surface area (Å²) < 4.78 is 11.0. The van der Waals surface area contributed by atoms with E-state index in [2.05, 4.69) is 34.5 Å². The minimum atomic E-state index is -0.0255. The molecule has 4 rings (SSSR count). The zero-order chi connectivity index (χ0) is 18.8. The van der Waals surface area contributed by atoms with Crippen LogP contribution in [0.3, 0.4) is 0 Å². The maximum absolute atomic E-state index is 13.2. The van der Waals surface area contributed by atoms with E-state index in [4.69, 9.17) is 9.47 Å². The number of ether oxygens (including phenoxy) is 2. The Morgan fingerprint density at radius 2 is 1.93 bits per heavy atom. The molecule has 1 aliphatic heterocycles. The predicted octanol–water partition coefficient (Wildman–Crippen LogP) is 4.82. The fraction of sp³-hybridized carbons (Fsp3) is 0.500. The van der Waals surface area contributed by atoms with Gasteiger partial charge in [0.25, 0.3) is 0 Å². The Kier molecular flexibility index (Phi) is 5.39. The third kappa shape index (κ3) is 3.57. The van der Waals surface area contributed by atoms with Gasteiger partial charge in [0.2, 0.25) is 5.91 Å². The van der Waals surface area contributed by atoms with Crippen molar-refractivity contribution in [2.75, 3.05) is 20.8 Å². The van der Waals surface area contributed by atoms with Gasteiger partial charge in [-0.25, -0.2) is 0 Å². The molecule has 2 aliphatic rings. The van der Waals surface area contributed by atoms with Crippen molar-refractivity contribution in [1.29, 1.82) is 0 Å². The first kappa shape index (κ1) is 18.4. The highest BCUT2D eigenvalue weighted by Gasteiger charge is 2.34. The average Bonchev–Trinajstić information content (AvgIpc) is 3.39. The summed E-state index contributed by atoms with van der Waals surface area (Å²) in [6.07, 6.45) is 6.48. The highest BCUT2D eigenvalue weighted by atomic mass is 32.1. The lowest BCUT2D eigenvalue weighted by Crippen LogP contribution is -2.40. The van der Waals surface area contributed by atoms with E-state index < -0.39 is 0 Å². The number of fused-ring (bicyclic) bond motifs is 1. The molecule has 1 amide bonds. The molecular formula is C22H27NO3S. The zero-order valence-electron chi connectivity index (χ0n) is 16.1. The van der Waals surface area contributed by atoms with Crippen LogP contribution in [0.5, 0.6) is 11.5 Å². The number of hydrogen-bond acceptors (Lipinski definition) is 4. The molecule has 144 valence electrons. The monoisotopic (exact) mass is 385 g/mol. The molecule has 1 aromatic carbocycles. The number of hydrogen-bond donors (Lipinski definition) is 0. The summed E-state index contributed by atoms with van der Waals surface area (Å²) in [7, 11) is 3.33. The summed E-state index contributed by atoms with van der Waals surface area (Å²) in [5.74, 6) is 2.34. The third-order valence-corrected chi connectivity index (χ3v) is 6.87. The van der Waals surface area contributed by atoms with Crippen LogP contribution in [0.15, 0.2) is 29.6 Å².